The van der Waals surface area contributed by atoms with Gasteiger partial charge in [-0.1, -0.05) is 25.9 Å². The van der Waals surface area contributed by atoms with E-state index in [1.54, 1.807) is 30.3 Å². The lowest BCUT2D eigenvalue weighted by Crippen LogP contribution is -2.20. The summed E-state index contributed by atoms with van der Waals surface area (Å²) in [5.41, 5.74) is 0.993. The van der Waals surface area contributed by atoms with Gasteiger partial charge in [-0.3, -0.25) is 10.1 Å². The van der Waals surface area contributed by atoms with Crippen molar-refractivity contribution in [3.05, 3.63) is 41.6 Å². The van der Waals surface area contributed by atoms with Gasteiger partial charge in [0.05, 0.1) is 18.4 Å². The number of nitrogens with zero attached hydrogens (tertiary/aromatic N) is 1. The van der Waals surface area contributed by atoms with Crippen LogP contribution in [-0.4, -0.2) is 30.7 Å². The number of carbonyl (C=O) groups is 2. The molecule has 0 saturated carbocycles. The number of anilines is 1. The third kappa shape index (κ3) is 4.58. The van der Waals surface area contributed by atoms with Gasteiger partial charge >= 0.3 is 5.97 Å². The molecule has 1 N–H and O–H groups in total. The molecule has 0 unspecified atom stereocenters. The Labute approximate surface area is 139 Å². The Bertz CT molecular complexity index is 713. The maximum atomic E-state index is 11.9. The number of methoxy groups -OCH3 is 1. The molecule has 128 valence electrons. The number of carbonyl (C=O) groups excluding carboxylic acids is 2. The zero-order valence-corrected chi connectivity index (χ0v) is 14.1. The molecular formula is C17H20N2O5. The van der Waals surface area contributed by atoms with Crippen LogP contribution in [0, 0.1) is 0 Å². The van der Waals surface area contributed by atoms with E-state index in [1.807, 2.05) is 20.8 Å². The quantitative estimate of drug-likeness (QED) is 0.847. The molecule has 7 nitrogen and oxygen atoms in total. The molecule has 0 atom stereocenters. The number of ether oxygens (including phenoxy) is 2. The summed E-state index contributed by atoms with van der Waals surface area (Å²) < 4.78 is 15.0. The molecule has 0 bridgehead atoms. The van der Waals surface area contributed by atoms with Crippen LogP contribution in [0.25, 0.3) is 0 Å². The number of nitrogens with one attached hydrogen (secondary N) is 1. The molecule has 1 aromatic carbocycles. The zero-order chi connectivity index (χ0) is 17.7. The van der Waals surface area contributed by atoms with Crippen molar-refractivity contribution in [2.24, 2.45) is 0 Å². The smallest absolute Gasteiger partial charge is 0.337 e. The summed E-state index contributed by atoms with van der Waals surface area (Å²) in [6.07, 6.45) is 0. The number of esters is 1. The lowest BCUT2D eigenvalue weighted by atomic mass is 9.92. The number of aromatic nitrogens is 1. The lowest BCUT2D eigenvalue weighted by molar-refractivity contribution is -0.118. The number of amides is 1. The number of hydrogen-bond acceptors (Lipinski definition) is 6. The van der Waals surface area contributed by atoms with Crippen molar-refractivity contribution in [2.45, 2.75) is 26.2 Å². The molecule has 2 aromatic rings. The molecule has 0 saturated heterocycles. The van der Waals surface area contributed by atoms with E-state index < -0.39 is 5.97 Å². The van der Waals surface area contributed by atoms with E-state index in [-0.39, 0.29) is 23.8 Å². The predicted octanol–water partition coefficient (Wildman–Crippen LogP) is 2.78. The summed E-state index contributed by atoms with van der Waals surface area (Å²) in [6, 6.07) is 7.98. The molecule has 0 aliphatic heterocycles. The lowest BCUT2D eigenvalue weighted by Gasteiger charge is -2.12. The summed E-state index contributed by atoms with van der Waals surface area (Å²) >= 11 is 0. The zero-order valence-electron chi connectivity index (χ0n) is 14.1. The van der Waals surface area contributed by atoms with Gasteiger partial charge in [0.25, 0.3) is 5.91 Å². The van der Waals surface area contributed by atoms with Crippen molar-refractivity contribution >= 4 is 17.8 Å². The summed E-state index contributed by atoms with van der Waals surface area (Å²) in [7, 11) is 1.31. The van der Waals surface area contributed by atoms with Gasteiger partial charge in [0.2, 0.25) is 5.88 Å². The van der Waals surface area contributed by atoms with E-state index in [9.17, 15) is 9.59 Å². The van der Waals surface area contributed by atoms with Crippen LogP contribution in [0.15, 0.2) is 34.9 Å². The molecule has 0 radical (unpaired) electrons. The van der Waals surface area contributed by atoms with Gasteiger partial charge in [-0.2, -0.15) is 0 Å². The van der Waals surface area contributed by atoms with E-state index in [1.165, 1.54) is 7.11 Å². The minimum Gasteiger partial charge on any atom is -0.484 e. The fraction of sp³-hybridized carbons (Fsp3) is 0.353. The Morgan fingerprint density at radius 1 is 1.21 bits per heavy atom. The highest BCUT2D eigenvalue weighted by Crippen LogP contribution is 2.23. The Balaban J connectivity index is 1.87. The third-order valence-electron chi connectivity index (χ3n) is 3.19. The molecule has 0 aliphatic carbocycles. The van der Waals surface area contributed by atoms with Crippen LogP contribution in [0.2, 0.25) is 0 Å². The fourth-order valence-electron chi connectivity index (χ4n) is 1.82. The van der Waals surface area contributed by atoms with Gasteiger partial charge in [-0.15, -0.1) is 0 Å². The molecule has 0 aliphatic rings. The van der Waals surface area contributed by atoms with E-state index in [2.05, 4.69) is 15.2 Å². The van der Waals surface area contributed by atoms with Crippen molar-refractivity contribution in [1.29, 1.82) is 0 Å². The standard InChI is InChI=1S/C17H20N2O5/c1-17(2,3)13-9-15(24-19-13)18-14(20)10-23-12-7-5-11(6-8-12)16(21)22-4/h5-9H,10H2,1-4H3,(H,18,20). The Morgan fingerprint density at radius 3 is 2.42 bits per heavy atom. The highest BCUT2D eigenvalue weighted by atomic mass is 16.5. The van der Waals surface area contributed by atoms with Gasteiger partial charge in [0.15, 0.2) is 6.61 Å². The number of hydrogen-bond donors (Lipinski definition) is 1. The maximum Gasteiger partial charge on any atom is 0.337 e. The fourth-order valence-corrected chi connectivity index (χ4v) is 1.82. The van der Waals surface area contributed by atoms with E-state index in [0.29, 0.717) is 11.3 Å². The Kier molecular flexibility index (Phi) is 5.23. The van der Waals surface area contributed by atoms with Crippen molar-refractivity contribution in [3.8, 4) is 5.75 Å². The monoisotopic (exact) mass is 332 g/mol. The second-order valence-corrected chi connectivity index (χ2v) is 6.18. The first kappa shape index (κ1) is 17.5. The van der Waals surface area contributed by atoms with E-state index in [4.69, 9.17) is 9.26 Å². The van der Waals surface area contributed by atoms with Crippen LogP contribution < -0.4 is 10.1 Å². The highest BCUT2D eigenvalue weighted by molar-refractivity contribution is 5.91. The molecular weight excluding hydrogens is 312 g/mol. The van der Waals surface area contributed by atoms with Gasteiger partial charge in [-0.25, -0.2) is 4.79 Å². The van der Waals surface area contributed by atoms with Crippen molar-refractivity contribution in [2.75, 3.05) is 19.0 Å². The Hall–Kier alpha value is -2.83. The molecule has 2 rings (SSSR count). The third-order valence-corrected chi connectivity index (χ3v) is 3.19. The van der Waals surface area contributed by atoms with Gasteiger partial charge in [-0.05, 0) is 24.3 Å². The second kappa shape index (κ2) is 7.16. The van der Waals surface area contributed by atoms with Crippen LogP contribution in [0.3, 0.4) is 0 Å². The van der Waals surface area contributed by atoms with E-state index in [0.717, 1.165) is 5.69 Å². The second-order valence-electron chi connectivity index (χ2n) is 6.18. The molecule has 1 amide bonds. The molecule has 0 spiro atoms. The van der Waals surface area contributed by atoms with Gasteiger partial charge < -0.3 is 14.0 Å². The van der Waals surface area contributed by atoms with Crippen LogP contribution in [0.1, 0.15) is 36.8 Å². The minimum absolute atomic E-state index is 0.162. The molecule has 7 heteroatoms. The van der Waals surface area contributed by atoms with Gasteiger partial charge in [0, 0.05) is 11.5 Å². The summed E-state index contributed by atoms with van der Waals surface area (Å²) in [4.78, 5) is 23.2. The molecule has 1 aromatic heterocycles. The molecule has 24 heavy (non-hydrogen) atoms. The van der Waals surface area contributed by atoms with Crippen LogP contribution in [0.4, 0.5) is 5.88 Å². The van der Waals surface area contributed by atoms with Crippen LogP contribution in [-0.2, 0) is 14.9 Å². The van der Waals surface area contributed by atoms with Crippen LogP contribution in [0.5, 0.6) is 5.75 Å². The number of benzene rings is 1. The summed E-state index contributed by atoms with van der Waals surface area (Å²) in [5.74, 6) is -0.0664. The van der Waals surface area contributed by atoms with E-state index >= 15 is 0 Å². The molecule has 1 heterocycles. The minimum atomic E-state index is -0.431. The predicted molar refractivity (Wildman–Crippen MR) is 87.1 cm³/mol. The summed E-state index contributed by atoms with van der Waals surface area (Å²) in [5, 5.41) is 6.49. The highest BCUT2D eigenvalue weighted by Gasteiger charge is 2.19. The molecule has 0 fully saturated rings. The van der Waals surface area contributed by atoms with Crippen molar-refractivity contribution in [3.63, 3.8) is 0 Å². The average molecular weight is 332 g/mol. The Morgan fingerprint density at radius 2 is 1.88 bits per heavy atom. The van der Waals surface area contributed by atoms with Crippen molar-refractivity contribution in [1.82, 2.24) is 5.16 Å². The topological polar surface area (TPSA) is 90.7 Å². The SMILES string of the molecule is COC(=O)c1ccc(OCC(=O)Nc2cc(C(C)(C)C)no2)cc1. The van der Waals surface area contributed by atoms with Crippen LogP contribution >= 0.6 is 0 Å². The first-order chi connectivity index (χ1) is 11.3. The largest absolute Gasteiger partial charge is 0.484 e. The number of rotatable bonds is 5. The first-order valence-electron chi connectivity index (χ1n) is 7.38. The first-order valence-corrected chi connectivity index (χ1v) is 7.38. The normalized spacial score (nSPS) is 11.0. The van der Waals surface area contributed by atoms with Gasteiger partial charge in [0.1, 0.15) is 5.75 Å². The maximum absolute atomic E-state index is 11.9. The average Bonchev–Trinajstić information content (AvgIpc) is 3.01. The van der Waals surface area contributed by atoms with Crippen molar-refractivity contribution < 1.29 is 23.6 Å². The summed E-state index contributed by atoms with van der Waals surface area (Å²) in [6.45, 7) is 5.80.